The van der Waals surface area contributed by atoms with Crippen LogP contribution in [0.4, 0.5) is 0 Å². The van der Waals surface area contributed by atoms with Crippen LogP contribution < -0.4 is 0 Å². The first-order valence-electron chi connectivity index (χ1n) is 6.05. The van der Waals surface area contributed by atoms with Gasteiger partial charge in [0.2, 0.25) is 9.84 Å². The molecule has 0 bridgehead atoms. The van der Waals surface area contributed by atoms with Crippen molar-refractivity contribution in [3.05, 3.63) is 30.3 Å². The number of hydroxylamine groups is 2. The maximum Gasteiger partial charge on any atom is 0.207 e. The number of hydrogen-bond acceptors (Lipinski definition) is 4. The molecular weight excluding hydrogens is 250 g/mol. The van der Waals surface area contributed by atoms with Crippen molar-refractivity contribution in [3.8, 4) is 0 Å². The van der Waals surface area contributed by atoms with Gasteiger partial charge in [0.15, 0.2) is 5.44 Å². The van der Waals surface area contributed by atoms with Gasteiger partial charge in [-0.05, 0) is 32.9 Å². The zero-order valence-electron chi connectivity index (χ0n) is 11.0. The molecule has 1 aromatic carbocycles. The van der Waals surface area contributed by atoms with Crippen molar-refractivity contribution in [2.24, 2.45) is 0 Å². The molecule has 1 atom stereocenters. The smallest absolute Gasteiger partial charge is 0.207 e. The molecule has 4 nitrogen and oxygen atoms in total. The third kappa shape index (κ3) is 2.58. The topological polar surface area (TPSA) is 46.6 Å². The summed E-state index contributed by atoms with van der Waals surface area (Å²) in [5.74, 6) is 0. The normalized spacial score (nSPS) is 22.3. The molecule has 1 aliphatic rings. The first-order valence-corrected chi connectivity index (χ1v) is 7.60. The molecule has 0 N–H and O–H groups in total. The fourth-order valence-corrected chi connectivity index (χ4v) is 3.41. The van der Waals surface area contributed by atoms with Crippen LogP contribution in [0.15, 0.2) is 35.2 Å². The highest BCUT2D eigenvalue weighted by atomic mass is 32.2. The SMILES string of the molecule is CC(C)(C)N1CCC(S(=O)(=O)c2ccccc2)O1. The van der Waals surface area contributed by atoms with Crippen molar-refractivity contribution in [2.45, 2.75) is 43.1 Å². The molecular formula is C13H19NO3S. The molecule has 100 valence electrons. The van der Waals surface area contributed by atoms with Crippen LogP contribution >= 0.6 is 0 Å². The Morgan fingerprint density at radius 2 is 1.83 bits per heavy atom. The Balaban J connectivity index is 2.20. The van der Waals surface area contributed by atoms with Gasteiger partial charge in [-0.3, -0.25) is 4.84 Å². The quantitative estimate of drug-likeness (QED) is 0.826. The van der Waals surface area contributed by atoms with E-state index in [0.717, 1.165) is 0 Å². The van der Waals surface area contributed by atoms with Gasteiger partial charge in [-0.2, -0.15) is 5.06 Å². The highest BCUT2D eigenvalue weighted by molar-refractivity contribution is 7.91. The van der Waals surface area contributed by atoms with E-state index in [4.69, 9.17) is 4.84 Å². The summed E-state index contributed by atoms with van der Waals surface area (Å²) in [6.07, 6.45) is 0.508. The molecule has 1 fully saturated rings. The van der Waals surface area contributed by atoms with E-state index >= 15 is 0 Å². The van der Waals surface area contributed by atoms with E-state index in [1.165, 1.54) is 0 Å². The average molecular weight is 269 g/mol. The molecule has 1 aliphatic heterocycles. The van der Waals surface area contributed by atoms with Crippen LogP contribution in [0, 0.1) is 0 Å². The Hall–Kier alpha value is -0.910. The molecule has 1 unspecified atom stereocenters. The van der Waals surface area contributed by atoms with Gasteiger partial charge in [0, 0.05) is 18.5 Å². The zero-order chi connectivity index (χ0) is 13.4. The fourth-order valence-electron chi connectivity index (χ4n) is 1.94. The van der Waals surface area contributed by atoms with Gasteiger partial charge >= 0.3 is 0 Å². The number of rotatable bonds is 2. The van der Waals surface area contributed by atoms with Crippen molar-refractivity contribution < 1.29 is 13.3 Å². The van der Waals surface area contributed by atoms with Crippen molar-refractivity contribution in [2.75, 3.05) is 6.54 Å². The molecule has 0 aromatic heterocycles. The van der Waals surface area contributed by atoms with Crippen LogP contribution in [0.25, 0.3) is 0 Å². The number of hydrogen-bond donors (Lipinski definition) is 0. The van der Waals surface area contributed by atoms with Gasteiger partial charge in [0.25, 0.3) is 0 Å². The van der Waals surface area contributed by atoms with Gasteiger partial charge < -0.3 is 0 Å². The minimum absolute atomic E-state index is 0.180. The average Bonchev–Trinajstić information content (AvgIpc) is 2.79. The molecule has 5 heteroatoms. The summed E-state index contributed by atoms with van der Waals surface area (Å²) in [6, 6.07) is 8.47. The molecule has 0 aliphatic carbocycles. The van der Waals surface area contributed by atoms with E-state index < -0.39 is 15.3 Å². The summed E-state index contributed by atoms with van der Waals surface area (Å²) in [4.78, 5) is 5.92. The van der Waals surface area contributed by atoms with Gasteiger partial charge in [0.05, 0.1) is 4.90 Å². The summed E-state index contributed by atoms with van der Waals surface area (Å²) in [6.45, 7) is 6.65. The second kappa shape index (κ2) is 4.64. The van der Waals surface area contributed by atoms with E-state index in [2.05, 4.69) is 0 Å². The van der Waals surface area contributed by atoms with Crippen LogP contribution in [0.1, 0.15) is 27.2 Å². The van der Waals surface area contributed by atoms with E-state index in [1.54, 1.807) is 35.4 Å². The molecule has 0 radical (unpaired) electrons. The van der Waals surface area contributed by atoms with E-state index in [1.807, 2.05) is 20.8 Å². The summed E-state index contributed by atoms with van der Waals surface area (Å²) < 4.78 is 24.7. The van der Waals surface area contributed by atoms with Crippen molar-refractivity contribution >= 4 is 9.84 Å². The van der Waals surface area contributed by atoms with Crippen LogP contribution in [0.2, 0.25) is 0 Å². The molecule has 0 saturated carbocycles. The van der Waals surface area contributed by atoms with Crippen molar-refractivity contribution in [1.82, 2.24) is 5.06 Å². The lowest BCUT2D eigenvalue weighted by Gasteiger charge is -2.30. The maximum absolute atomic E-state index is 12.4. The largest absolute Gasteiger partial charge is 0.279 e. The molecule has 18 heavy (non-hydrogen) atoms. The monoisotopic (exact) mass is 269 g/mol. The molecule has 0 spiro atoms. The number of nitrogens with zero attached hydrogens (tertiary/aromatic N) is 1. The van der Waals surface area contributed by atoms with Crippen LogP contribution in [-0.4, -0.2) is 31.0 Å². The predicted octanol–water partition coefficient (Wildman–Crippen LogP) is 2.22. The minimum atomic E-state index is -3.40. The number of sulfone groups is 1. The summed E-state index contributed by atoms with van der Waals surface area (Å²) >= 11 is 0. The second-order valence-electron chi connectivity index (χ2n) is 5.45. The zero-order valence-corrected chi connectivity index (χ0v) is 11.8. The second-order valence-corrected chi connectivity index (χ2v) is 7.54. The Morgan fingerprint density at radius 1 is 1.22 bits per heavy atom. The summed E-state index contributed by atoms with van der Waals surface area (Å²) in [5.41, 5.74) is -0.944. The van der Waals surface area contributed by atoms with Gasteiger partial charge in [-0.25, -0.2) is 8.42 Å². The highest BCUT2D eigenvalue weighted by Crippen LogP contribution is 2.29. The van der Waals surface area contributed by atoms with Gasteiger partial charge in [-0.1, -0.05) is 18.2 Å². The first-order chi connectivity index (χ1) is 8.32. The van der Waals surface area contributed by atoms with E-state index in [-0.39, 0.29) is 5.54 Å². The van der Waals surface area contributed by atoms with Gasteiger partial charge in [0.1, 0.15) is 0 Å². The third-order valence-electron chi connectivity index (χ3n) is 2.98. The Morgan fingerprint density at radius 3 is 2.33 bits per heavy atom. The summed E-state index contributed by atoms with van der Waals surface area (Å²) in [5, 5.41) is 1.75. The number of benzene rings is 1. The lowest BCUT2D eigenvalue weighted by molar-refractivity contribution is -0.176. The molecule has 2 rings (SSSR count). The molecule has 1 heterocycles. The van der Waals surface area contributed by atoms with E-state index in [9.17, 15) is 8.42 Å². The lowest BCUT2D eigenvalue weighted by atomic mass is 10.1. The Labute approximate surface area is 108 Å². The lowest BCUT2D eigenvalue weighted by Crippen LogP contribution is -2.39. The predicted molar refractivity (Wildman–Crippen MR) is 69.6 cm³/mol. The highest BCUT2D eigenvalue weighted by Gasteiger charge is 2.39. The minimum Gasteiger partial charge on any atom is -0.279 e. The molecule has 0 amide bonds. The van der Waals surface area contributed by atoms with Crippen LogP contribution in [0.5, 0.6) is 0 Å². The van der Waals surface area contributed by atoms with Crippen molar-refractivity contribution in [3.63, 3.8) is 0 Å². The first kappa shape index (κ1) is 13.5. The Bertz CT molecular complexity index is 505. The fraction of sp³-hybridized carbons (Fsp3) is 0.538. The molecule has 1 saturated heterocycles. The standard InChI is InChI=1S/C13H19NO3S/c1-13(2,3)14-10-9-12(17-14)18(15,16)11-7-5-4-6-8-11/h4-8,12H,9-10H2,1-3H3. The van der Waals surface area contributed by atoms with Crippen molar-refractivity contribution in [1.29, 1.82) is 0 Å². The Kier molecular flexibility index (Phi) is 3.49. The van der Waals surface area contributed by atoms with Crippen LogP contribution in [-0.2, 0) is 14.7 Å². The maximum atomic E-state index is 12.4. The van der Waals surface area contributed by atoms with Crippen LogP contribution in [0.3, 0.4) is 0 Å². The van der Waals surface area contributed by atoms with E-state index in [0.29, 0.717) is 17.9 Å². The van der Waals surface area contributed by atoms with Gasteiger partial charge in [-0.15, -0.1) is 0 Å². The molecule has 1 aromatic rings. The third-order valence-corrected chi connectivity index (χ3v) is 4.92. The summed E-state index contributed by atoms with van der Waals surface area (Å²) in [7, 11) is -3.40.